The van der Waals surface area contributed by atoms with E-state index >= 15 is 0 Å². The number of ether oxygens (including phenoxy) is 2. The summed E-state index contributed by atoms with van der Waals surface area (Å²) in [5.41, 5.74) is 4.02. The van der Waals surface area contributed by atoms with Crippen molar-refractivity contribution in [3.8, 4) is 11.5 Å². The molecule has 1 amide bonds. The van der Waals surface area contributed by atoms with Gasteiger partial charge in [-0.15, -0.1) is 0 Å². The van der Waals surface area contributed by atoms with E-state index in [9.17, 15) is 9.59 Å². The van der Waals surface area contributed by atoms with Crippen LogP contribution in [0.1, 0.15) is 42.7 Å². The molecule has 5 nitrogen and oxygen atoms in total. The average Bonchev–Trinajstić information content (AvgIpc) is 2.75. The third-order valence-electron chi connectivity index (χ3n) is 5.90. The number of allylic oxidation sites excluding steroid dienone is 2. The van der Waals surface area contributed by atoms with Crippen molar-refractivity contribution < 1.29 is 19.1 Å². The van der Waals surface area contributed by atoms with Crippen LogP contribution in [0.5, 0.6) is 11.5 Å². The number of amides is 1. The van der Waals surface area contributed by atoms with E-state index in [1.807, 2.05) is 25.1 Å². The number of carbonyl (C=O) groups is 2. The van der Waals surface area contributed by atoms with Crippen LogP contribution < -0.4 is 14.4 Å². The zero-order valence-corrected chi connectivity index (χ0v) is 18.1. The molecule has 1 atom stereocenters. The maximum atomic E-state index is 13.4. The number of nitrogens with zero attached hydrogens (tertiary/aromatic N) is 1. The predicted molar refractivity (Wildman–Crippen MR) is 116 cm³/mol. The number of aryl methyl sites for hydroxylation is 1. The maximum Gasteiger partial charge on any atom is 0.232 e. The van der Waals surface area contributed by atoms with Gasteiger partial charge in [0.2, 0.25) is 5.91 Å². The number of halogens is 1. The molecule has 4 rings (SSSR count). The van der Waals surface area contributed by atoms with E-state index in [-0.39, 0.29) is 24.0 Å². The van der Waals surface area contributed by atoms with Crippen molar-refractivity contribution in [1.82, 2.24) is 0 Å². The fourth-order valence-electron chi connectivity index (χ4n) is 4.47. The summed E-state index contributed by atoms with van der Waals surface area (Å²) in [7, 11) is 3.18. The van der Waals surface area contributed by atoms with Crippen molar-refractivity contribution in [2.75, 3.05) is 19.1 Å². The van der Waals surface area contributed by atoms with Crippen molar-refractivity contribution in [1.29, 1.82) is 0 Å². The summed E-state index contributed by atoms with van der Waals surface area (Å²) >= 11 is 6.23. The highest BCUT2D eigenvalue weighted by Gasteiger charge is 2.41. The fraction of sp³-hybridized carbons (Fsp3) is 0.333. The number of hydrogen-bond acceptors (Lipinski definition) is 4. The molecule has 156 valence electrons. The number of anilines is 1. The summed E-state index contributed by atoms with van der Waals surface area (Å²) in [5, 5.41) is 0.562. The van der Waals surface area contributed by atoms with Gasteiger partial charge in [-0.2, -0.15) is 0 Å². The molecule has 0 saturated carbocycles. The van der Waals surface area contributed by atoms with Gasteiger partial charge >= 0.3 is 0 Å². The van der Waals surface area contributed by atoms with E-state index in [0.29, 0.717) is 34.9 Å². The highest BCUT2D eigenvalue weighted by atomic mass is 35.5. The summed E-state index contributed by atoms with van der Waals surface area (Å²) in [6, 6.07) is 11.0. The summed E-state index contributed by atoms with van der Waals surface area (Å²) in [4.78, 5) is 28.2. The summed E-state index contributed by atoms with van der Waals surface area (Å²) in [6.45, 7) is 1.95. The molecule has 0 saturated heterocycles. The first-order chi connectivity index (χ1) is 14.4. The Morgan fingerprint density at radius 2 is 1.83 bits per heavy atom. The number of benzene rings is 2. The molecule has 1 aliphatic heterocycles. The van der Waals surface area contributed by atoms with Crippen LogP contribution in [0.2, 0.25) is 5.02 Å². The molecular weight excluding hydrogens is 402 g/mol. The summed E-state index contributed by atoms with van der Waals surface area (Å²) in [5.74, 6) is 0.993. The van der Waals surface area contributed by atoms with Crippen molar-refractivity contribution in [2.45, 2.75) is 38.5 Å². The lowest BCUT2D eigenvalue weighted by atomic mass is 9.76. The van der Waals surface area contributed by atoms with E-state index in [1.54, 1.807) is 37.3 Å². The monoisotopic (exact) mass is 425 g/mol. The standard InChI is InChI=1S/C24H24ClNO4/c1-14-7-8-15(25)11-20(14)26-19-5-4-6-21(27)24(19)18(13-23(26)28)17-10-9-16(29-2)12-22(17)30-3/h7-12,18H,4-6,13H2,1-3H3/t18-/m0/s1. The Kier molecular flexibility index (Phi) is 5.56. The molecular formula is C24H24ClNO4. The molecule has 0 bridgehead atoms. The average molecular weight is 426 g/mol. The first-order valence-electron chi connectivity index (χ1n) is 10.0. The van der Waals surface area contributed by atoms with Crippen LogP contribution in [-0.2, 0) is 9.59 Å². The minimum atomic E-state index is -0.336. The van der Waals surface area contributed by atoms with Gasteiger partial charge in [-0.1, -0.05) is 23.7 Å². The molecule has 0 fully saturated rings. The molecule has 0 radical (unpaired) electrons. The lowest BCUT2D eigenvalue weighted by Gasteiger charge is -2.39. The minimum absolute atomic E-state index is 0.0447. The molecule has 0 aromatic heterocycles. The van der Waals surface area contributed by atoms with E-state index < -0.39 is 0 Å². The second kappa shape index (κ2) is 8.15. The topological polar surface area (TPSA) is 55.8 Å². The van der Waals surface area contributed by atoms with E-state index in [4.69, 9.17) is 21.1 Å². The quantitative estimate of drug-likeness (QED) is 0.676. The first-order valence-corrected chi connectivity index (χ1v) is 10.4. The Morgan fingerprint density at radius 1 is 1.03 bits per heavy atom. The van der Waals surface area contributed by atoms with Gasteiger partial charge < -0.3 is 9.47 Å². The number of Topliss-reactive ketones (excluding diaryl/α,β-unsaturated/α-hetero) is 1. The van der Waals surface area contributed by atoms with Crippen molar-refractivity contribution in [2.24, 2.45) is 0 Å². The lowest BCUT2D eigenvalue weighted by Crippen LogP contribution is -2.41. The predicted octanol–water partition coefficient (Wildman–Crippen LogP) is 5.19. The lowest BCUT2D eigenvalue weighted by molar-refractivity contribution is -0.119. The van der Waals surface area contributed by atoms with Gasteiger partial charge in [-0.05, 0) is 43.5 Å². The van der Waals surface area contributed by atoms with Crippen LogP contribution >= 0.6 is 11.6 Å². The second-order valence-corrected chi connectivity index (χ2v) is 8.10. The zero-order chi connectivity index (χ0) is 21.4. The molecule has 2 aliphatic rings. The highest BCUT2D eigenvalue weighted by molar-refractivity contribution is 6.31. The Bertz CT molecular complexity index is 1060. The van der Waals surface area contributed by atoms with E-state index in [2.05, 4.69) is 0 Å². The van der Waals surface area contributed by atoms with Gasteiger partial charge in [0.15, 0.2) is 5.78 Å². The first kappa shape index (κ1) is 20.5. The number of hydrogen-bond donors (Lipinski definition) is 0. The van der Waals surface area contributed by atoms with Crippen LogP contribution in [0.4, 0.5) is 5.69 Å². The van der Waals surface area contributed by atoms with Crippen LogP contribution in [0, 0.1) is 6.92 Å². The van der Waals surface area contributed by atoms with Crippen LogP contribution in [0.3, 0.4) is 0 Å². The third-order valence-corrected chi connectivity index (χ3v) is 6.14. The molecule has 2 aromatic rings. The van der Waals surface area contributed by atoms with Gasteiger partial charge in [-0.3, -0.25) is 14.5 Å². The van der Waals surface area contributed by atoms with Crippen molar-refractivity contribution >= 4 is 29.0 Å². The number of rotatable bonds is 4. The minimum Gasteiger partial charge on any atom is -0.497 e. The second-order valence-electron chi connectivity index (χ2n) is 7.66. The van der Waals surface area contributed by atoms with Crippen LogP contribution in [0.25, 0.3) is 0 Å². The molecule has 0 spiro atoms. The van der Waals surface area contributed by atoms with Crippen LogP contribution in [0.15, 0.2) is 47.7 Å². The smallest absolute Gasteiger partial charge is 0.232 e. The Labute approximate surface area is 181 Å². The normalized spacial score (nSPS) is 19.1. The van der Waals surface area contributed by atoms with Crippen molar-refractivity contribution in [3.63, 3.8) is 0 Å². The van der Waals surface area contributed by atoms with Gasteiger partial charge in [0.05, 0.1) is 19.9 Å². The number of methoxy groups -OCH3 is 2. The summed E-state index contributed by atoms with van der Waals surface area (Å²) in [6.07, 6.45) is 2.09. The van der Waals surface area contributed by atoms with Gasteiger partial charge in [0.1, 0.15) is 11.5 Å². The van der Waals surface area contributed by atoms with Gasteiger partial charge in [0, 0.05) is 46.7 Å². The molecule has 30 heavy (non-hydrogen) atoms. The molecule has 6 heteroatoms. The summed E-state index contributed by atoms with van der Waals surface area (Å²) < 4.78 is 10.9. The number of carbonyl (C=O) groups excluding carboxylic acids is 2. The maximum absolute atomic E-state index is 13.4. The Hall–Kier alpha value is -2.79. The van der Waals surface area contributed by atoms with E-state index in [0.717, 1.165) is 28.9 Å². The van der Waals surface area contributed by atoms with Crippen LogP contribution in [-0.4, -0.2) is 25.9 Å². The SMILES string of the molecule is COc1ccc([C@@H]2CC(=O)N(c3cc(Cl)ccc3C)C3=C2C(=O)CCC3)c(OC)c1. The molecule has 1 heterocycles. The van der Waals surface area contributed by atoms with Gasteiger partial charge in [0.25, 0.3) is 0 Å². The van der Waals surface area contributed by atoms with Gasteiger partial charge in [-0.25, -0.2) is 0 Å². The molecule has 0 N–H and O–H groups in total. The Morgan fingerprint density at radius 3 is 2.57 bits per heavy atom. The van der Waals surface area contributed by atoms with Crippen molar-refractivity contribution in [3.05, 3.63) is 63.8 Å². The highest BCUT2D eigenvalue weighted by Crippen LogP contribution is 2.46. The zero-order valence-electron chi connectivity index (χ0n) is 17.3. The Balaban J connectivity index is 1.89. The van der Waals surface area contributed by atoms with E-state index in [1.165, 1.54) is 0 Å². The largest absolute Gasteiger partial charge is 0.497 e. The number of ketones is 1. The third kappa shape index (κ3) is 3.47. The fourth-order valence-corrected chi connectivity index (χ4v) is 4.63. The molecule has 1 aliphatic carbocycles. The molecule has 2 aromatic carbocycles. The molecule has 0 unspecified atom stereocenters.